The van der Waals surface area contributed by atoms with E-state index in [1.54, 1.807) is 7.11 Å². The molecule has 1 aromatic heterocycles. The van der Waals surface area contributed by atoms with Gasteiger partial charge in [-0.3, -0.25) is 4.79 Å². The van der Waals surface area contributed by atoms with Gasteiger partial charge in [-0.25, -0.2) is 4.98 Å². The molecule has 0 aliphatic carbocycles. The monoisotopic (exact) mass is 340 g/mol. The molecule has 0 bridgehead atoms. The van der Waals surface area contributed by atoms with Gasteiger partial charge in [0.15, 0.2) is 5.13 Å². The average molecular weight is 340 g/mol. The van der Waals surface area contributed by atoms with Gasteiger partial charge in [0.2, 0.25) is 5.91 Å². The molecule has 3 rings (SSSR count). The lowest BCUT2D eigenvalue weighted by atomic mass is 10.1. The molecule has 124 valence electrons. The van der Waals surface area contributed by atoms with Gasteiger partial charge in [-0.1, -0.05) is 23.5 Å². The lowest BCUT2D eigenvalue weighted by molar-refractivity contribution is -0.115. The van der Waals surface area contributed by atoms with Gasteiger partial charge in [-0.2, -0.15) is 0 Å². The number of benzene rings is 2. The number of fused-ring (bicyclic) bond motifs is 1. The van der Waals surface area contributed by atoms with Crippen LogP contribution in [0, 0.1) is 20.8 Å². The molecule has 3 aromatic rings. The van der Waals surface area contributed by atoms with E-state index in [0.29, 0.717) is 11.6 Å². The van der Waals surface area contributed by atoms with E-state index in [-0.39, 0.29) is 5.91 Å². The van der Waals surface area contributed by atoms with E-state index in [1.807, 2.05) is 25.1 Å². The molecule has 1 heterocycles. The SMILES string of the molecule is COc1ccc(CC(=O)Nc2nc3cc(C)c(C)cc3s2)cc1C. The Morgan fingerprint density at radius 2 is 1.88 bits per heavy atom. The minimum Gasteiger partial charge on any atom is -0.496 e. The highest BCUT2D eigenvalue weighted by Crippen LogP contribution is 2.28. The third kappa shape index (κ3) is 3.41. The quantitative estimate of drug-likeness (QED) is 0.765. The lowest BCUT2D eigenvalue weighted by Gasteiger charge is -2.07. The minimum absolute atomic E-state index is 0.0629. The number of methoxy groups -OCH3 is 1. The highest BCUT2D eigenvalue weighted by molar-refractivity contribution is 7.22. The number of hydrogen-bond acceptors (Lipinski definition) is 4. The molecule has 2 aromatic carbocycles. The molecule has 0 fully saturated rings. The molecular weight excluding hydrogens is 320 g/mol. The van der Waals surface area contributed by atoms with E-state index in [0.717, 1.165) is 27.1 Å². The summed E-state index contributed by atoms with van der Waals surface area (Å²) in [6, 6.07) is 9.95. The van der Waals surface area contributed by atoms with Crippen LogP contribution in [0.25, 0.3) is 10.2 Å². The van der Waals surface area contributed by atoms with Crippen molar-refractivity contribution in [2.75, 3.05) is 12.4 Å². The zero-order chi connectivity index (χ0) is 17.3. The summed E-state index contributed by atoms with van der Waals surface area (Å²) >= 11 is 1.51. The molecule has 1 N–H and O–H groups in total. The number of ether oxygens (including phenoxy) is 1. The second kappa shape index (κ2) is 6.61. The fraction of sp³-hybridized carbons (Fsp3) is 0.263. The van der Waals surface area contributed by atoms with Crippen LogP contribution in [0.15, 0.2) is 30.3 Å². The van der Waals surface area contributed by atoms with Gasteiger partial charge in [0, 0.05) is 0 Å². The van der Waals surface area contributed by atoms with Crippen molar-refractivity contribution in [3.8, 4) is 5.75 Å². The van der Waals surface area contributed by atoms with E-state index in [9.17, 15) is 4.79 Å². The van der Waals surface area contributed by atoms with Crippen molar-refractivity contribution in [3.05, 3.63) is 52.6 Å². The minimum atomic E-state index is -0.0629. The number of carbonyl (C=O) groups excluding carboxylic acids is 1. The zero-order valence-corrected chi connectivity index (χ0v) is 15.1. The number of aromatic nitrogens is 1. The van der Waals surface area contributed by atoms with E-state index >= 15 is 0 Å². The average Bonchev–Trinajstić information content (AvgIpc) is 2.88. The summed E-state index contributed by atoms with van der Waals surface area (Å²) < 4.78 is 6.34. The Morgan fingerprint density at radius 3 is 2.58 bits per heavy atom. The number of aryl methyl sites for hydroxylation is 3. The van der Waals surface area contributed by atoms with Crippen LogP contribution in [-0.4, -0.2) is 18.0 Å². The Hall–Kier alpha value is -2.40. The first kappa shape index (κ1) is 16.5. The molecule has 5 heteroatoms. The second-order valence-electron chi connectivity index (χ2n) is 5.95. The van der Waals surface area contributed by atoms with Crippen LogP contribution >= 0.6 is 11.3 Å². The molecule has 0 saturated carbocycles. The fourth-order valence-electron chi connectivity index (χ4n) is 2.63. The summed E-state index contributed by atoms with van der Waals surface area (Å²) in [5.74, 6) is 0.767. The van der Waals surface area contributed by atoms with E-state index in [2.05, 4.69) is 36.3 Å². The maximum atomic E-state index is 12.3. The number of thiazole rings is 1. The van der Waals surface area contributed by atoms with Gasteiger partial charge in [0.25, 0.3) is 0 Å². The predicted molar refractivity (Wildman–Crippen MR) is 99.2 cm³/mol. The molecule has 0 saturated heterocycles. The van der Waals surface area contributed by atoms with Crippen LogP contribution in [0.4, 0.5) is 5.13 Å². The van der Waals surface area contributed by atoms with Crippen molar-refractivity contribution in [1.29, 1.82) is 0 Å². The van der Waals surface area contributed by atoms with Gasteiger partial charge in [0.1, 0.15) is 5.75 Å². The molecular formula is C19H20N2O2S. The molecule has 4 nitrogen and oxygen atoms in total. The third-order valence-corrected chi connectivity index (χ3v) is 5.01. The van der Waals surface area contributed by atoms with Gasteiger partial charge in [-0.15, -0.1) is 0 Å². The second-order valence-corrected chi connectivity index (χ2v) is 6.98. The normalized spacial score (nSPS) is 10.8. The molecule has 0 atom stereocenters. The van der Waals surface area contributed by atoms with Crippen molar-refractivity contribution in [2.24, 2.45) is 0 Å². The topological polar surface area (TPSA) is 51.2 Å². The van der Waals surface area contributed by atoms with Crippen molar-refractivity contribution in [1.82, 2.24) is 4.98 Å². The van der Waals surface area contributed by atoms with Crippen molar-refractivity contribution < 1.29 is 9.53 Å². The Bertz CT molecular complexity index is 876. The first-order chi connectivity index (χ1) is 11.5. The zero-order valence-electron chi connectivity index (χ0n) is 14.3. The maximum Gasteiger partial charge on any atom is 0.230 e. The fourth-order valence-corrected chi connectivity index (χ4v) is 3.59. The summed E-state index contributed by atoms with van der Waals surface area (Å²) in [6.45, 7) is 6.12. The predicted octanol–water partition coefficient (Wildman–Crippen LogP) is 4.41. The highest BCUT2D eigenvalue weighted by Gasteiger charge is 2.10. The highest BCUT2D eigenvalue weighted by atomic mass is 32.1. The van der Waals surface area contributed by atoms with E-state index in [1.165, 1.54) is 22.5 Å². The van der Waals surface area contributed by atoms with E-state index < -0.39 is 0 Å². The molecule has 0 aliphatic heterocycles. The van der Waals surface area contributed by atoms with Crippen molar-refractivity contribution in [3.63, 3.8) is 0 Å². The van der Waals surface area contributed by atoms with Crippen LogP contribution in [0.1, 0.15) is 22.3 Å². The van der Waals surface area contributed by atoms with Crippen LogP contribution in [0.5, 0.6) is 5.75 Å². The molecule has 24 heavy (non-hydrogen) atoms. The number of nitrogens with zero attached hydrogens (tertiary/aromatic N) is 1. The first-order valence-electron chi connectivity index (χ1n) is 7.77. The number of hydrogen-bond donors (Lipinski definition) is 1. The van der Waals surface area contributed by atoms with Crippen LogP contribution in [-0.2, 0) is 11.2 Å². The summed E-state index contributed by atoms with van der Waals surface area (Å²) in [7, 11) is 1.64. The Kier molecular flexibility index (Phi) is 4.53. The van der Waals surface area contributed by atoms with Gasteiger partial charge >= 0.3 is 0 Å². The Balaban J connectivity index is 1.74. The lowest BCUT2D eigenvalue weighted by Crippen LogP contribution is -2.14. The standard InChI is InChI=1S/C19H20N2O2S/c1-11-8-15-17(9-12(11)2)24-19(20-15)21-18(22)10-14-5-6-16(23-4)13(3)7-14/h5-9H,10H2,1-4H3,(H,20,21,22). The van der Waals surface area contributed by atoms with Crippen molar-refractivity contribution >= 4 is 32.6 Å². The molecule has 0 unspecified atom stereocenters. The van der Waals surface area contributed by atoms with Crippen LogP contribution in [0.2, 0.25) is 0 Å². The number of nitrogens with one attached hydrogen (secondary N) is 1. The maximum absolute atomic E-state index is 12.3. The van der Waals surface area contributed by atoms with E-state index in [4.69, 9.17) is 4.74 Å². The number of carbonyl (C=O) groups is 1. The molecule has 0 spiro atoms. The Labute approximate surface area is 145 Å². The molecule has 0 radical (unpaired) electrons. The van der Waals surface area contributed by atoms with Crippen molar-refractivity contribution in [2.45, 2.75) is 27.2 Å². The third-order valence-electron chi connectivity index (χ3n) is 4.07. The summed E-state index contributed by atoms with van der Waals surface area (Å²) in [4.78, 5) is 16.8. The Morgan fingerprint density at radius 1 is 1.12 bits per heavy atom. The molecule has 0 aliphatic rings. The van der Waals surface area contributed by atoms with Gasteiger partial charge in [0.05, 0.1) is 23.7 Å². The summed E-state index contributed by atoms with van der Waals surface area (Å²) in [6.07, 6.45) is 0.318. The first-order valence-corrected chi connectivity index (χ1v) is 8.59. The number of rotatable bonds is 4. The summed E-state index contributed by atoms with van der Waals surface area (Å²) in [5.41, 5.74) is 5.35. The largest absolute Gasteiger partial charge is 0.496 e. The van der Waals surface area contributed by atoms with Crippen LogP contribution < -0.4 is 10.1 Å². The summed E-state index contributed by atoms with van der Waals surface area (Å²) in [5, 5.41) is 3.55. The van der Waals surface area contributed by atoms with Gasteiger partial charge in [-0.05, 0) is 61.2 Å². The molecule has 1 amide bonds. The number of amides is 1. The van der Waals surface area contributed by atoms with Crippen LogP contribution in [0.3, 0.4) is 0 Å². The smallest absolute Gasteiger partial charge is 0.230 e. The number of anilines is 1. The van der Waals surface area contributed by atoms with Gasteiger partial charge < -0.3 is 10.1 Å².